The number of aromatic nitrogens is 4. The standard InChI is InChI=1S/C22H22N4O4/c1-12-5-13(2)21(27)17(6-12)26-11-14(10-23-26)7-20-24-16-9-19(30-4)18(29-3)8-15(16)22(28)25-20/h5-6,8-11,27H,7H2,1-4H3,(H,24,25,28). The van der Waals surface area contributed by atoms with Crippen LogP contribution in [0.4, 0.5) is 0 Å². The van der Waals surface area contributed by atoms with Crippen molar-refractivity contribution in [2.75, 3.05) is 14.2 Å². The number of nitrogens with one attached hydrogen (secondary N) is 1. The maximum absolute atomic E-state index is 12.6. The van der Waals surface area contributed by atoms with Gasteiger partial charge >= 0.3 is 0 Å². The van der Waals surface area contributed by atoms with Crippen LogP contribution in [0.3, 0.4) is 0 Å². The molecule has 154 valence electrons. The summed E-state index contributed by atoms with van der Waals surface area (Å²) in [5, 5.41) is 15.2. The molecular formula is C22H22N4O4. The Bertz CT molecular complexity index is 1310. The van der Waals surface area contributed by atoms with Gasteiger partial charge in [0.15, 0.2) is 11.5 Å². The number of aryl methyl sites for hydroxylation is 2. The molecule has 2 aromatic heterocycles. The third-order valence-electron chi connectivity index (χ3n) is 4.94. The Labute approximate surface area is 172 Å². The summed E-state index contributed by atoms with van der Waals surface area (Å²) in [4.78, 5) is 19.9. The second-order valence-electron chi connectivity index (χ2n) is 7.16. The summed E-state index contributed by atoms with van der Waals surface area (Å²) < 4.78 is 12.2. The molecular weight excluding hydrogens is 384 g/mol. The minimum Gasteiger partial charge on any atom is -0.505 e. The van der Waals surface area contributed by atoms with Crippen molar-refractivity contribution in [1.82, 2.24) is 19.7 Å². The van der Waals surface area contributed by atoms with Crippen molar-refractivity contribution in [1.29, 1.82) is 0 Å². The van der Waals surface area contributed by atoms with Crippen LogP contribution in [0.2, 0.25) is 0 Å². The summed E-state index contributed by atoms with van der Waals surface area (Å²) in [6.07, 6.45) is 3.88. The van der Waals surface area contributed by atoms with E-state index in [4.69, 9.17) is 9.47 Å². The van der Waals surface area contributed by atoms with Gasteiger partial charge in [0, 0.05) is 18.7 Å². The van der Waals surface area contributed by atoms with Crippen molar-refractivity contribution in [3.63, 3.8) is 0 Å². The zero-order valence-corrected chi connectivity index (χ0v) is 17.2. The number of aromatic hydroxyl groups is 1. The van der Waals surface area contributed by atoms with Crippen molar-refractivity contribution >= 4 is 10.9 Å². The lowest BCUT2D eigenvalue weighted by Gasteiger charge is -2.09. The van der Waals surface area contributed by atoms with Gasteiger partial charge in [-0.25, -0.2) is 9.67 Å². The highest BCUT2D eigenvalue weighted by atomic mass is 16.5. The van der Waals surface area contributed by atoms with Gasteiger partial charge in [-0.2, -0.15) is 5.10 Å². The fourth-order valence-electron chi connectivity index (χ4n) is 3.49. The van der Waals surface area contributed by atoms with Gasteiger partial charge in [-0.15, -0.1) is 0 Å². The van der Waals surface area contributed by atoms with Crippen LogP contribution >= 0.6 is 0 Å². The Hall–Kier alpha value is -3.81. The first-order chi connectivity index (χ1) is 14.4. The quantitative estimate of drug-likeness (QED) is 0.528. The lowest BCUT2D eigenvalue weighted by atomic mass is 10.1. The number of phenolic OH excluding ortho intramolecular Hbond substituents is 1. The van der Waals surface area contributed by atoms with Crippen LogP contribution in [-0.2, 0) is 6.42 Å². The third kappa shape index (κ3) is 3.47. The van der Waals surface area contributed by atoms with Gasteiger partial charge < -0.3 is 19.6 Å². The van der Waals surface area contributed by atoms with Gasteiger partial charge in [0.05, 0.1) is 31.3 Å². The van der Waals surface area contributed by atoms with Crippen LogP contribution < -0.4 is 15.0 Å². The number of benzene rings is 2. The fraction of sp³-hybridized carbons (Fsp3) is 0.227. The topological polar surface area (TPSA) is 102 Å². The van der Waals surface area contributed by atoms with E-state index in [1.54, 1.807) is 23.0 Å². The predicted molar refractivity (Wildman–Crippen MR) is 113 cm³/mol. The number of methoxy groups -OCH3 is 2. The van der Waals surface area contributed by atoms with Gasteiger partial charge in [-0.05, 0) is 42.7 Å². The Morgan fingerprint density at radius 1 is 1.10 bits per heavy atom. The van der Waals surface area contributed by atoms with Crippen molar-refractivity contribution in [3.8, 4) is 22.9 Å². The highest BCUT2D eigenvalue weighted by Crippen LogP contribution is 2.30. The average Bonchev–Trinajstić information content (AvgIpc) is 3.18. The van der Waals surface area contributed by atoms with Gasteiger partial charge in [0.2, 0.25) is 0 Å². The molecule has 0 unspecified atom stereocenters. The number of nitrogens with zero attached hydrogens (tertiary/aromatic N) is 3. The minimum absolute atomic E-state index is 0.188. The second-order valence-corrected chi connectivity index (χ2v) is 7.16. The molecule has 30 heavy (non-hydrogen) atoms. The number of hydrogen-bond donors (Lipinski definition) is 2. The van der Waals surface area contributed by atoms with Crippen LogP contribution in [0.15, 0.2) is 41.5 Å². The first-order valence-corrected chi connectivity index (χ1v) is 9.38. The van der Waals surface area contributed by atoms with E-state index < -0.39 is 0 Å². The summed E-state index contributed by atoms with van der Waals surface area (Å²) in [6, 6.07) is 7.08. The van der Waals surface area contributed by atoms with E-state index in [0.717, 1.165) is 16.7 Å². The molecule has 2 heterocycles. The van der Waals surface area contributed by atoms with Gasteiger partial charge in [-0.1, -0.05) is 6.07 Å². The Morgan fingerprint density at radius 2 is 1.83 bits per heavy atom. The number of rotatable bonds is 5. The molecule has 2 aromatic carbocycles. The van der Waals surface area contributed by atoms with E-state index in [9.17, 15) is 9.90 Å². The Balaban J connectivity index is 1.69. The zero-order valence-electron chi connectivity index (χ0n) is 17.2. The molecule has 0 spiro atoms. The Kier molecular flexibility index (Phi) is 4.91. The van der Waals surface area contributed by atoms with E-state index in [1.165, 1.54) is 14.2 Å². The van der Waals surface area contributed by atoms with Gasteiger partial charge in [0.1, 0.15) is 17.3 Å². The first-order valence-electron chi connectivity index (χ1n) is 9.38. The molecule has 0 saturated carbocycles. The molecule has 0 saturated heterocycles. The molecule has 0 atom stereocenters. The highest BCUT2D eigenvalue weighted by molar-refractivity contribution is 5.81. The van der Waals surface area contributed by atoms with Crippen LogP contribution in [0.1, 0.15) is 22.5 Å². The van der Waals surface area contributed by atoms with Crippen molar-refractivity contribution < 1.29 is 14.6 Å². The molecule has 0 aliphatic heterocycles. The summed E-state index contributed by atoms with van der Waals surface area (Å²) in [6.45, 7) is 3.82. The first kappa shape index (κ1) is 19.5. The third-order valence-corrected chi connectivity index (χ3v) is 4.94. The molecule has 2 N–H and O–H groups in total. The van der Waals surface area contributed by atoms with Crippen molar-refractivity contribution in [2.45, 2.75) is 20.3 Å². The molecule has 0 aliphatic rings. The normalized spacial score (nSPS) is 11.1. The van der Waals surface area contributed by atoms with Crippen LogP contribution in [0.5, 0.6) is 17.2 Å². The number of hydrogen-bond acceptors (Lipinski definition) is 6. The summed E-state index contributed by atoms with van der Waals surface area (Å²) >= 11 is 0. The van der Waals surface area contributed by atoms with Gasteiger partial charge in [0.25, 0.3) is 5.56 Å². The molecule has 0 fully saturated rings. The molecule has 4 rings (SSSR count). The van der Waals surface area contributed by atoms with E-state index in [-0.39, 0.29) is 11.3 Å². The number of fused-ring (bicyclic) bond motifs is 1. The molecule has 0 bridgehead atoms. The van der Waals surface area contributed by atoms with Crippen LogP contribution in [0.25, 0.3) is 16.6 Å². The lowest BCUT2D eigenvalue weighted by molar-refractivity contribution is 0.355. The molecule has 4 aromatic rings. The molecule has 0 radical (unpaired) electrons. The van der Waals surface area contributed by atoms with Crippen molar-refractivity contribution in [2.24, 2.45) is 0 Å². The summed E-state index contributed by atoms with van der Waals surface area (Å²) in [5.74, 6) is 1.67. The molecule has 0 aliphatic carbocycles. The van der Waals surface area contributed by atoms with Crippen LogP contribution in [-0.4, -0.2) is 39.1 Å². The smallest absolute Gasteiger partial charge is 0.258 e. The van der Waals surface area contributed by atoms with E-state index in [2.05, 4.69) is 15.1 Å². The molecule has 8 heteroatoms. The average molecular weight is 406 g/mol. The number of aromatic amines is 1. The Morgan fingerprint density at radius 3 is 2.57 bits per heavy atom. The monoisotopic (exact) mass is 406 g/mol. The largest absolute Gasteiger partial charge is 0.505 e. The van der Waals surface area contributed by atoms with Crippen molar-refractivity contribution in [3.05, 3.63) is 69.5 Å². The predicted octanol–water partition coefficient (Wildman–Crippen LogP) is 3.04. The zero-order chi connectivity index (χ0) is 21.4. The SMILES string of the molecule is COc1cc2nc(Cc3cnn(-c4cc(C)cc(C)c4O)c3)[nH]c(=O)c2cc1OC. The molecule has 0 amide bonds. The van der Waals surface area contributed by atoms with Crippen LogP contribution in [0, 0.1) is 13.8 Å². The fourth-order valence-corrected chi connectivity index (χ4v) is 3.49. The summed E-state index contributed by atoms with van der Waals surface area (Å²) in [7, 11) is 3.05. The maximum Gasteiger partial charge on any atom is 0.258 e. The van der Waals surface area contributed by atoms with E-state index in [0.29, 0.717) is 40.3 Å². The number of ether oxygens (including phenoxy) is 2. The lowest BCUT2D eigenvalue weighted by Crippen LogP contribution is -2.12. The number of phenols is 1. The van der Waals surface area contributed by atoms with E-state index >= 15 is 0 Å². The van der Waals surface area contributed by atoms with Gasteiger partial charge in [-0.3, -0.25) is 4.79 Å². The minimum atomic E-state index is -0.254. The highest BCUT2D eigenvalue weighted by Gasteiger charge is 2.13. The van der Waals surface area contributed by atoms with E-state index in [1.807, 2.05) is 32.2 Å². The maximum atomic E-state index is 12.6. The second kappa shape index (κ2) is 7.55. The molecule has 8 nitrogen and oxygen atoms in total. The number of H-pyrrole nitrogens is 1. The summed E-state index contributed by atoms with van der Waals surface area (Å²) in [5.41, 5.74) is 3.53.